The number of β-amino-alcohol motifs (C(OH)–C–C–N with tert-alkyl or cyclic N) is 1. The molecule has 5 amide bonds. The Balaban J connectivity index is 0.847. The molecule has 3 aromatic heterocycles. The van der Waals surface area contributed by atoms with E-state index in [1.807, 2.05) is 31.2 Å². The van der Waals surface area contributed by atoms with Gasteiger partial charge in [-0.25, -0.2) is 9.78 Å². The number of aryl methyl sites for hydroxylation is 3. The van der Waals surface area contributed by atoms with Crippen LogP contribution in [0.5, 0.6) is 0 Å². The summed E-state index contributed by atoms with van der Waals surface area (Å²) in [5.41, 5.74) is 11.4. The highest BCUT2D eigenvalue weighted by atomic mass is 32.1. The summed E-state index contributed by atoms with van der Waals surface area (Å²) in [6.45, 7) is 7.38. The molecule has 0 radical (unpaired) electrons. The normalized spacial score (nSPS) is 15.6. The standard InChI is InChI=1S/C48H60N10O11S/c1-27-39(70-26-53-27)30-10-8-29(9-11-30)22-52-43(63)35-21-33(59)24-58(35)45(65)40(48(2,3)4)55-37(61)25-69-20-19-68-18-17-50-36(60)16-15-34(46(66)67)54-42(62)31-12-5-28(6-13-31)7-14-32-23-51-41-38(32)44(64)57-47(49)56-41/h5-6,8-13,23,26,33-35,40,59H,7,14-22,24-25H2,1-4H3,(H,50,60)(H,52,63)(H,54,62)(H,55,61)(H,66,67)(H4,49,51,56,57,64)/t33-,34+,35?,40?/m1/s1. The Bertz CT molecular complexity index is 2700. The molecule has 5 aromatic rings. The van der Waals surface area contributed by atoms with Gasteiger partial charge in [0.15, 0.2) is 0 Å². The van der Waals surface area contributed by atoms with Gasteiger partial charge in [-0.3, -0.25) is 33.8 Å². The van der Waals surface area contributed by atoms with Gasteiger partial charge in [0.2, 0.25) is 29.6 Å². The Kier molecular flexibility index (Phi) is 18.0. The van der Waals surface area contributed by atoms with Crippen LogP contribution in [0.3, 0.4) is 0 Å². The number of hydrogen-bond acceptors (Lipinski definition) is 14. The number of nitrogen functional groups attached to an aromatic ring is 1. The predicted octanol–water partition coefficient (Wildman–Crippen LogP) is 1.97. The molecular weight excluding hydrogens is 925 g/mol. The molecule has 0 saturated carbocycles. The summed E-state index contributed by atoms with van der Waals surface area (Å²) in [6.07, 6.45) is 1.57. The Morgan fingerprint density at radius 3 is 2.34 bits per heavy atom. The first kappa shape index (κ1) is 52.4. The molecule has 4 atom stereocenters. The number of aliphatic carboxylic acids is 1. The maximum absolute atomic E-state index is 13.9. The highest BCUT2D eigenvalue weighted by Gasteiger charge is 2.44. The lowest BCUT2D eigenvalue weighted by Crippen LogP contribution is -2.58. The molecule has 6 rings (SSSR count). The van der Waals surface area contributed by atoms with Gasteiger partial charge in [-0.05, 0) is 66.0 Å². The van der Waals surface area contributed by atoms with E-state index >= 15 is 0 Å². The number of aromatic amines is 2. The number of likely N-dealkylation sites (tertiary alicyclic amines) is 1. The molecule has 4 heterocycles. The quantitative estimate of drug-likeness (QED) is 0.0423. The number of nitrogens with two attached hydrogens (primary N) is 1. The van der Waals surface area contributed by atoms with Gasteiger partial charge in [-0.1, -0.05) is 57.2 Å². The van der Waals surface area contributed by atoms with Crippen LogP contribution in [-0.4, -0.2) is 134 Å². The molecule has 1 aliphatic heterocycles. The summed E-state index contributed by atoms with van der Waals surface area (Å²) < 4.78 is 11.0. The summed E-state index contributed by atoms with van der Waals surface area (Å²) >= 11 is 1.55. The Hall–Kier alpha value is -7.01. The molecule has 70 heavy (non-hydrogen) atoms. The number of H-pyrrole nitrogens is 2. The number of amides is 5. The Morgan fingerprint density at radius 1 is 0.943 bits per heavy atom. The number of carboxylic acids is 1. The van der Waals surface area contributed by atoms with E-state index in [0.717, 1.165) is 32.8 Å². The van der Waals surface area contributed by atoms with E-state index in [9.17, 15) is 43.8 Å². The van der Waals surface area contributed by atoms with E-state index in [2.05, 4.69) is 41.2 Å². The summed E-state index contributed by atoms with van der Waals surface area (Å²) in [7, 11) is 0. The van der Waals surface area contributed by atoms with Crippen molar-refractivity contribution in [3.8, 4) is 10.4 Å². The van der Waals surface area contributed by atoms with Gasteiger partial charge in [0.1, 0.15) is 30.4 Å². The van der Waals surface area contributed by atoms with Crippen LogP contribution in [0.15, 0.2) is 65.0 Å². The predicted molar refractivity (Wildman–Crippen MR) is 259 cm³/mol. The van der Waals surface area contributed by atoms with Crippen LogP contribution in [-0.2, 0) is 52.8 Å². The molecule has 374 valence electrons. The molecule has 1 saturated heterocycles. The summed E-state index contributed by atoms with van der Waals surface area (Å²) in [5, 5.41) is 31.4. The number of hydrogen-bond donors (Lipinski definition) is 9. The fourth-order valence-electron chi connectivity index (χ4n) is 7.91. The van der Waals surface area contributed by atoms with Crippen molar-refractivity contribution in [3.63, 3.8) is 0 Å². The van der Waals surface area contributed by atoms with Crippen molar-refractivity contribution in [2.75, 3.05) is 45.3 Å². The molecule has 21 nitrogen and oxygen atoms in total. The zero-order valence-corrected chi connectivity index (χ0v) is 40.3. The zero-order chi connectivity index (χ0) is 50.5. The Labute approximate surface area is 407 Å². The average molecular weight is 985 g/mol. The van der Waals surface area contributed by atoms with Gasteiger partial charge in [0.25, 0.3) is 11.5 Å². The number of nitrogens with zero attached hydrogens (tertiary/aromatic N) is 3. The lowest BCUT2D eigenvalue weighted by molar-refractivity contribution is -0.144. The molecule has 0 spiro atoms. The number of rotatable bonds is 23. The minimum absolute atomic E-state index is 0.0146. The zero-order valence-electron chi connectivity index (χ0n) is 39.5. The molecule has 0 bridgehead atoms. The fraction of sp³-hybridized carbons (Fsp3) is 0.438. The van der Waals surface area contributed by atoms with Crippen molar-refractivity contribution in [1.82, 2.24) is 46.1 Å². The second kappa shape index (κ2) is 24.0. The number of nitrogens with one attached hydrogen (secondary N) is 6. The van der Waals surface area contributed by atoms with Crippen molar-refractivity contribution in [2.45, 2.75) is 90.6 Å². The number of thiazole rings is 1. The largest absolute Gasteiger partial charge is 0.480 e. The van der Waals surface area contributed by atoms with Gasteiger partial charge >= 0.3 is 5.97 Å². The minimum Gasteiger partial charge on any atom is -0.480 e. The van der Waals surface area contributed by atoms with E-state index in [0.29, 0.717) is 23.9 Å². The van der Waals surface area contributed by atoms with Gasteiger partial charge in [-0.2, -0.15) is 4.98 Å². The van der Waals surface area contributed by atoms with Crippen molar-refractivity contribution in [2.24, 2.45) is 5.41 Å². The monoisotopic (exact) mass is 984 g/mol. The van der Waals surface area contributed by atoms with E-state index in [1.54, 1.807) is 68.1 Å². The molecule has 10 N–H and O–H groups in total. The van der Waals surface area contributed by atoms with Crippen LogP contribution in [0, 0.1) is 12.3 Å². The van der Waals surface area contributed by atoms with Crippen LogP contribution in [0.1, 0.15) is 72.8 Å². The number of fused-ring (bicyclic) bond motifs is 1. The summed E-state index contributed by atoms with van der Waals surface area (Å²) in [6, 6.07) is 11.1. The first-order chi connectivity index (χ1) is 33.4. The Morgan fingerprint density at radius 2 is 1.66 bits per heavy atom. The van der Waals surface area contributed by atoms with Gasteiger partial charge < -0.3 is 56.6 Å². The second-order valence-corrected chi connectivity index (χ2v) is 18.9. The van der Waals surface area contributed by atoms with Crippen molar-refractivity contribution in [3.05, 3.63) is 98.5 Å². The number of anilines is 1. The first-order valence-corrected chi connectivity index (χ1v) is 23.7. The minimum atomic E-state index is -1.32. The number of carbonyl (C=O) groups is 6. The molecule has 1 fully saturated rings. The third kappa shape index (κ3) is 14.3. The highest BCUT2D eigenvalue weighted by molar-refractivity contribution is 7.13. The van der Waals surface area contributed by atoms with E-state index in [4.69, 9.17) is 15.2 Å². The molecule has 2 unspecified atom stereocenters. The van der Waals surface area contributed by atoms with Gasteiger partial charge in [0.05, 0.1) is 47.4 Å². The first-order valence-electron chi connectivity index (χ1n) is 22.8. The average Bonchev–Trinajstić information content (AvgIpc) is 4.06. The van der Waals surface area contributed by atoms with E-state index in [-0.39, 0.29) is 82.4 Å². The highest BCUT2D eigenvalue weighted by Crippen LogP contribution is 2.28. The molecular formula is C48H60N10O11S. The number of aliphatic hydroxyl groups excluding tert-OH is 1. The summed E-state index contributed by atoms with van der Waals surface area (Å²) in [4.78, 5) is 106. The molecule has 0 aliphatic carbocycles. The smallest absolute Gasteiger partial charge is 0.326 e. The molecule has 2 aromatic carbocycles. The number of aliphatic hydroxyl groups is 1. The third-order valence-electron chi connectivity index (χ3n) is 11.7. The SMILES string of the molecule is Cc1ncsc1-c1ccc(CNC(=O)C2C[C@@H](O)CN2C(=O)C(NC(=O)COCCOCCNC(=O)CC[C@H](NC(=O)c2ccc(CCc3c[nH]c4nc(N)[nH]c(=O)c34)cc2)C(=O)O)C(C)(C)C)cc1. The fourth-order valence-corrected chi connectivity index (χ4v) is 8.72. The van der Waals surface area contributed by atoms with Crippen LogP contribution in [0.4, 0.5) is 5.95 Å². The number of aromatic nitrogens is 4. The maximum atomic E-state index is 13.9. The van der Waals surface area contributed by atoms with Crippen LogP contribution >= 0.6 is 11.3 Å². The van der Waals surface area contributed by atoms with Gasteiger partial charge in [0, 0.05) is 44.2 Å². The van der Waals surface area contributed by atoms with Crippen molar-refractivity contribution in [1.29, 1.82) is 0 Å². The lowest BCUT2D eigenvalue weighted by Gasteiger charge is -2.35. The van der Waals surface area contributed by atoms with E-state index in [1.165, 1.54) is 4.90 Å². The summed E-state index contributed by atoms with van der Waals surface area (Å²) in [5.74, 6) is -3.82. The molecule has 22 heteroatoms. The topological polar surface area (TPSA) is 313 Å². The van der Waals surface area contributed by atoms with Crippen LogP contribution < -0.4 is 32.6 Å². The second-order valence-electron chi connectivity index (χ2n) is 18.0. The number of carbonyl (C=O) groups excluding carboxylic acids is 5. The maximum Gasteiger partial charge on any atom is 0.326 e. The van der Waals surface area contributed by atoms with Crippen LogP contribution in [0.2, 0.25) is 0 Å². The van der Waals surface area contributed by atoms with Crippen molar-refractivity contribution < 1.29 is 48.5 Å². The van der Waals surface area contributed by atoms with E-state index < -0.39 is 65.1 Å². The van der Waals surface area contributed by atoms with Crippen LogP contribution in [0.25, 0.3) is 21.5 Å². The lowest BCUT2D eigenvalue weighted by atomic mass is 9.85. The number of ether oxygens (including phenoxy) is 2. The third-order valence-corrected chi connectivity index (χ3v) is 12.7. The molecule has 1 aliphatic rings. The number of carboxylic acid groups (broad SMARTS) is 1. The van der Waals surface area contributed by atoms with Crippen molar-refractivity contribution >= 4 is 63.8 Å². The number of benzene rings is 2. The van der Waals surface area contributed by atoms with Gasteiger partial charge in [-0.15, -0.1) is 11.3 Å².